The van der Waals surface area contributed by atoms with E-state index in [0.29, 0.717) is 12.1 Å². The molecule has 2 aromatic rings. The molecular formula is C14H17F3N4. The first-order chi connectivity index (χ1) is 9.94. The second-order valence-electron chi connectivity index (χ2n) is 4.72. The quantitative estimate of drug-likeness (QED) is 0.923. The highest BCUT2D eigenvalue weighted by Crippen LogP contribution is 2.29. The maximum atomic E-state index is 12.5. The highest BCUT2D eigenvalue weighted by molar-refractivity contribution is 5.20. The van der Waals surface area contributed by atoms with Gasteiger partial charge in [-0.2, -0.15) is 18.3 Å². The fourth-order valence-electron chi connectivity index (χ4n) is 2.05. The lowest BCUT2D eigenvalue weighted by Crippen LogP contribution is -2.20. The molecule has 1 unspecified atom stereocenters. The van der Waals surface area contributed by atoms with Crippen molar-refractivity contribution in [1.29, 1.82) is 0 Å². The first kappa shape index (κ1) is 15.5. The Kier molecular flexibility index (Phi) is 4.62. The number of aromatic nitrogens is 3. The second kappa shape index (κ2) is 6.26. The van der Waals surface area contributed by atoms with E-state index in [0.717, 1.165) is 24.4 Å². The fourth-order valence-corrected chi connectivity index (χ4v) is 2.05. The summed E-state index contributed by atoms with van der Waals surface area (Å²) in [5.74, 6) is 0. The minimum Gasteiger partial charge on any atom is -0.311 e. The summed E-state index contributed by atoms with van der Waals surface area (Å²) < 4.78 is 39.4. The van der Waals surface area contributed by atoms with Gasteiger partial charge in [0.1, 0.15) is 0 Å². The van der Waals surface area contributed by atoms with Crippen LogP contribution in [0.25, 0.3) is 0 Å². The van der Waals surface area contributed by atoms with E-state index in [-0.39, 0.29) is 6.04 Å². The van der Waals surface area contributed by atoms with Crippen LogP contribution in [0.4, 0.5) is 13.2 Å². The first-order valence-electron chi connectivity index (χ1n) is 6.65. The standard InChI is InChI=1S/C14H17F3N4/c1-3-21-9-10(7-20-21)6-13(18-2)12-5-4-11(8-19-12)14(15,16)17/h4-5,7-9,13,18H,3,6H2,1-2H3. The van der Waals surface area contributed by atoms with E-state index in [1.54, 1.807) is 13.2 Å². The van der Waals surface area contributed by atoms with E-state index >= 15 is 0 Å². The molecule has 2 rings (SSSR count). The van der Waals surface area contributed by atoms with Crippen LogP contribution < -0.4 is 5.32 Å². The number of likely N-dealkylation sites (N-methyl/N-ethyl adjacent to an activating group) is 1. The van der Waals surface area contributed by atoms with Crippen molar-refractivity contribution in [2.75, 3.05) is 7.05 Å². The Bertz CT molecular complexity index is 575. The summed E-state index contributed by atoms with van der Waals surface area (Å²) in [6.07, 6.45) is 0.819. The lowest BCUT2D eigenvalue weighted by Gasteiger charge is -2.15. The third-order valence-electron chi connectivity index (χ3n) is 3.27. The number of nitrogens with one attached hydrogen (secondary N) is 1. The monoisotopic (exact) mass is 298 g/mol. The van der Waals surface area contributed by atoms with E-state index < -0.39 is 11.7 Å². The molecule has 4 nitrogen and oxygen atoms in total. The van der Waals surface area contributed by atoms with E-state index in [1.165, 1.54) is 6.07 Å². The van der Waals surface area contributed by atoms with Crippen molar-refractivity contribution in [3.8, 4) is 0 Å². The molecule has 0 bridgehead atoms. The minimum absolute atomic E-state index is 0.151. The summed E-state index contributed by atoms with van der Waals surface area (Å²) in [6, 6.07) is 2.32. The van der Waals surface area contributed by atoms with Gasteiger partial charge in [-0.05, 0) is 38.1 Å². The fraction of sp³-hybridized carbons (Fsp3) is 0.429. The van der Waals surface area contributed by atoms with Crippen LogP contribution in [0.2, 0.25) is 0 Å². The molecule has 0 amide bonds. The third-order valence-corrected chi connectivity index (χ3v) is 3.27. The number of alkyl halides is 3. The summed E-state index contributed by atoms with van der Waals surface area (Å²) in [5, 5.41) is 7.25. The van der Waals surface area contributed by atoms with Gasteiger partial charge in [0.15, 0.2) is 0 Å². The molecule has 0 aliphatic heterocycles. The molecule has 0 aliphatic carbocycles. The molecule has 7 heteroatoms. The molecule has 0 saturated carbocycles. The summed E-state index contributed by atoms with van der Waals surface area (Å²) in [6.45, 7) is 2.77. The van der Waals surface area contributed by atoms with Crippen molar-refractivity contribution >= 4 is 0 Å². The van der Waals surface area contributed by atoms with Gasteiger partial charge in [-0.3, -0.25) is 9.67 Å². The smallest absolute Gasteiger partial charge is 0.311 e. The number of rotatable bonds is 5. The van der Waals surface area contributed by atoms with E-state index in [1.807, 2.05) is 17.8 Å². The van der Waals surface area contributed by atoms with Gasteiger partial charge in [0.25, 0.3) is 0 Å². The SMILES string of the molecule is CCn1cc(CC(NC)c2ccc(C(F)(F)F)cn2)cn1. The van der Waals surface area contributed by atoms with Gasteiger partial charge in [0, 0.05) is 18.9 Å². The molecule has 1 N–H and O–H groups in total. The Morgan fingerprint density at radius 3 is 2.52 bits per heavy atom. The number of hydrogen-bond acceptors (Lipinski definition) is 3. The Morgan fingerprint density at radius 2 is 2.05 bits per heavy atom. The Balaban J connectivity index is 2.13. The molecule has 0 fully saturated rings. The number of pyridine rings is 1. The van der Waals surface area contributed by atoms with Gasteiger partial charge in [0.05, 0.1) is 23.5 Å². The lowest BCUT2D eigenvalue weighted by atomic mass is 10.1. The Hall–Kier alpha value is -1.89. The predicted molar refractivity (Wildman–Crippen MR) is 72.6 cm³/mol. The molecule has 1 atom stereocenters. The van der Waals surface area contributed by atoms with Crippen LogP contribution in [0.15, 0.2) is 30.7 Å². The molecule has 21 heavy (non-hydrogen) atoms. The third kappa shape index (κ3) is 3.81. The van der Waals surface area contributed by atoms with Crippen LogP contribution in [-0.4, -0.2) is 21.8 Å². The zero-order chi connectivity index (χ0) is 15.5. The van der Waals surface area contributed by atoms with E-state index in [9.17, 15) is 13.2 Å². The average Bonchev–Trinajstić information content (AvgIpc) is 2.92. The van der Waals surface area contributed by atoms with Gasteiger partial charge >= 0.3 is 6.18 Å². The number of aryl methyl sites for hydroxylation is 1. The number of nitrogens with zero attached hydrogens (tertiary/aromatic N) is 3. The molecular weight excluding hydrogens is 281 g/mol. The van der Waals surface area contributed by atoms with Crippen LogP contribution in [0.1, 0.15) is 29.8 Å². The molecule has 0 saturated heterocycles. The molecule has 0 radical (unpaired) electrons. The van der Waals surface area contributed by atoms with Crippen LogP contribution in [0.3, 0.4) is 0 Å². The van der Waals surface area contributed by atoms with Gasteiger partial charge in [-0.1, -0.05) is 0 Å². The molecule has 2 aromatic heterocycles. The largest absolute Gasteiger partial charge is 0.417 e. The van der Waals surface area contributed by atoms with Crippen LogP contribution in [-0.2, 0) is 19.1 Å². The van der Waals surface area contributed by atoms with Crippen molar-refractivity contribution in [3.05, 3.63) is 47.5 Å². The summed E-state index contributed by atoms with van der Waals surface area (Å²) >= 11 is 0. The predicted octanol–water partition coefficient (Wildman–Crippen LogP) is 2.82. The van der Waals surface area contributed by atoms with Crippen molar-refractivity contribution in [1.82, 2.24) is 20.1 Å². The van der Waals surface area contributed by atoms with Gasteiger partial charge < -0.3 is 5.32 Å². The molecule has 2 heterocycles. The lowest BCUT2D eigenvalue weighted by molar-refractivity contribution is -0.137. The first-order valence-corrected chi connectivity index (χ1v) is 6.65. The Labute approximate surface area is 121 Å². The topological polar surface area (TPSA) is 42.7 Å². The molecule has 114 valence electrons. The zero-order valence-electron chi connectivity index (χ0n) is 11.9. The average molecular weight is 298 g/mol. The second-order valence-corrected chi connectivity index (χ2v) is 4.72. The maximum absolute atomic E-state index is 12.5. The zero-order valence-corrected chi connectivity index (χ0v) is 11.9. The summed E-state index contributed by atoms with van der Waals surface area (Å²) in [5.41, 5.74) is 0.854. The molecule has 0 aliphatic rings. The van der Waals surface area contributed by atoms with Crippen molar-refractivity contribution < 1.29 is 13.2 Å². The highest BCUT2D eigenvalue weighted by atomic mass is 19.4. The number of hydrogen-bond donors (Lipinski definition) is 1. The minimum atomic E-state index is -4.36. The van der Waals surface area contributed by atoms with E-state index in [4.69, 9.17) is 0 Å². The highest BCUT2D eigenvalue weighted by Gasteiger charge is 2.30. The van der Waals surface area contributed by atoms with Crippen molar-refractivity contribution in [2.45, 2.75) is 32.1 Å². The van der Waals surface area contributed by atoms with Crippen LogP contribution in [0, 0.1) is 0 Å². The Morgan fingerprint density at radius 1 is 1.29 bits per heavy atom. The van der Waals surface area contributed by atoms with E-state index in [2.05, 4.69) is 15.4 Å². The summed E-state index contributed by atoms with van der Waals surface area (Å²) in [7, 11) is 1.76. The molecule has 0 aromatic carbocycles. The normalized spacial score (nSPS) is 13.4. The van der Waals surface area contributed by atoms with Gasteiger partial charge in [-0.15, -0.1) is 0 Å². The molecule has 0 spiro atoms. The van der Waals surface area contributed by atoms with Crippen LogP contribution >= 0.6 is 0 Å². The van der Waals surface area contributed by atoms with Gasteiger partial charge in [-0.25, -0.2) is 0 Å². The van der Waals surface area contributed by atoms with Crippen molar-refractivity contribution in [2.24, 2.45) is 0 Å². The van der Waals surface area contributed by atoms with Gasteiger partial charge in [0.2, 0.25) is 0 Å². The van der Waals surface area contributed by atoms with Crippen LogP contribution in [0.5, 0.6) is 0 Å². The maximum Gasteiger partial charge on any atom is 0.417 e. The van der Waals surface area contributed by atoms with Crippen molar-refractivity contribution in [3.63, 3.8) is 0 Å². The summed E-state index contributed by atoms with van der Waals surface area (Å²) in [4.78, 5) is 3.93. The number of halogens is 3.